The number of hydrogen-bond acceptors (Lipinski definition) is 6. The van der Waals surface area contributed by atoms with Crippen LogP contribution in [0.15, 0.2) is 48.5 Å². The van der Waals surface area contributed by atoms with E-state index in [-0.39, 0.29) is 6.61 Å². The van der Waals surface area contributed by atoms with Crippen molar-refractivity contribution in [1.29, 1.82) is 0 Å². The van der Waals surface area contributed by atoms with E-state index in [1.165, 1.54) is 14.2 Å². The molecule has 0 heterocycles. The lowest BCUT2D eigenvalue weighted by atomic mass is 9.99. The Morgan fingerprint density at radius 3 is 2.08 bits per heavy atom. The van der Waals surface area contributed by atoms with Crippen molar-refractivity contribution in [3.05, 3.63) is 59.7 Å². The molecule has 1 unspecified atom stereocenters. The fourth-order valence-electron chi connectivity index (χ4n) is 2.25. The Morgan fingerprint density at radius 1 is 0.960 bits per heavy atom. The predicted molar refractivity (Wildman–Crippen MR) is 91.2 cm³/mol. The van der Waals surface area contributed by atoms with Gasteiger partial charge in [-0.3, -0.25) is 4.79 Å². The van der Waals surface area contributed by atoms with Crippen LogP contribution in [0.1, 0.15) is 28.9 Å². The highest BCUT2D eigenvalue weighted by Gasteiger charge is 2.27. The highest BCUT2D eigenvalue weighted by atomic mass is 16.7. The molecule has 132 valence electrons. The second-order valence-electron chi connectivity index (χ2n) is 5.06. The standard InChI is InChI=1S/C19H20O6/c1-4-24-19(21)25-18(13-8-6-5-7-9-13)17(20)14-10-15(22-2)12-16(11-14)23-3/h5-12,18H,4H2,1-3H3. The van der Waals surface area contributed by atoms with Gasteiger partial charge in [0.2, 0.25) is 5.78 Å². The summed E-state index contributed by atoms with van der Waals surface area (Å²) in [6.45, 7) is 1.81. The molecule has 0 aliphatic rings. The van der Waals surface area contributed by atoms with E-state index in [1.807, 2.05) is 6.07 Å². The monoisotopic (exact) mass is 344 g/mol. The number of Topliss-reactive ketones (excluding diaryl/α,β-unsaturated/α-hetero) is 1. The van der Waals surface area contributed by atoms with Gasteiger partial charge in [-0.15, -0.1) is 0 Å². The molecule has 0 radical (unpaired) electrons. The van der Waals surface area contributed by atoms with E-state index in [0.717, 1.165) is 0 Å². The Kier molecular flexibility index (Phi) is 6.39. The van der Waals surface area contributed by atoms with E-state index in [4.69, 9.17) is 18.9 Å². The largest absolute Gasteiger partial charge is 0.509 e. The smallest absolute Gasteiger partial charge is 0.497 e. The lowest BCUT2D eigenvalue weighted by Gasteiger charge is -2.17. The first-order valence-corrected chi connectivity index (χ1v) is 7.74. The Balaban J connectivity index is 2.39. The summed E-state index contributed by atoms with van der Waals surface area (Å²) in [5, 5.41) is 0. The predicted octanol–water partition coefficient (Wildman–Crippen LogP) is 3.80. The summed E-state index contributed by atoms with van der Waals surface area (Å²) in [5.41, 5.74) is 0.844. The first-order valence-electron chi connectivity index (χ1n) is 7.74. The van der Waals surface area contributed by atoms with Crippen molar-refractivity contribution in [3.63, 3.8) is 0 Å². The van der Waals surface area contributed by atoms with Gasteiger partial charge in [-0.25, -0.2) is 4.79 Å². The zero-order valence-electron chi connectivity index (χ0n) is 14.4. The molecule has 0 N–H and O–H groups in total. The van der Waals surface area contributed by atoms with Crippen LogP contribution in [0.3, 0.4) is 0 Å². The number of hydrogen-bond donors (Lipinski definition) is 0. The van der Waals surface area contributed by atoms with Crippen LogP contribution in [0.2, 0.25) is 0 Å². The molecule has 0 fully saturated rings. The Labute approximate surface area is 146 Å². The molecule has 2 aromatic carbocycles. The highest BCUT2D eigenvalue weighted by Crippen LogP contribution is 2.28. The van der Waals surface area contributed by atoms with Crippen LogP contribution < -0.4 is 9.47 Å². The van der Waals surface area contributed by atoms with E-state index in [9.17, 15) is 9.59 Å². The van der Waals surface area contributed by atoms with E-state index in [0.29, 0.717) is 22.6 Å². The van der Waals surface area contributed by atoms with Gasteiger partial charge in [0.25, 0.3) is 0 Å². The van der Waals surface area contributed by atoms with Gasteiger partial charge in [0, 0.05) is 17.2 Å². The number of carbonyl (C=O) groups is 2. The van der Waals surface area contributed by atoms with Crippen LogP contribution in [0.4, 0.5) is 4.79 Å². The van der Waals surface area contributed by atoms with Crippen LogP contribution in [-0.4, -0.2) is 32.8 Å². The van der Waals surface area contributed by atoms with Gasteiger partial charge in [0.15, 0.2) is 6.10 Å². The van der Waals surface area contributed by atoms with Crippen LogP contribution in [0, 0.1) is 0 Å². The van der Waals surface area contributed by atoms with Crippen molar-refractivity contribution in [2.75, 3.05) is 20.8 Å². The van der Waals surface area contributed by atoms with E-state index < -0.39 is 18.0 Å². The molecular formula is C19H20O6. The number of carbonyl (C=O) groups excluding carboxylic acids is 2. The molecule has 1 atom stereocenters. The molecule has 0 amide bonds. The van der Waals surface area contributed by atoms with Crippen molar-refractivity contribution >= 4 is 11.9 Å². The fraction of sp³-hybridized carbons (Fsp3) is 0.263. The van der Waals surface area contributed by atoms with Crippen LogP contribution in [0.5, 0.6) is 11.5 Å². The molecule has 2 aromatic rings. The minimum absolute atomic E-state index is 0.154. The van der Waals surface area contributed by atoms with Crippen molar-refractivity contribution in [2.45, 2.75) is 13.0 Å². The van der Waals surface area contributed by atoms with Crippen molar-refractivity contribution in [2.24, 2.45) is 0 Å². The molecular weight excluding hydrogens is 324 g/mol. The Bertz CT molecular complexity index is 704. The van der Waals surface area contributed by atoms with Gasteiger partial charge in [-0.2, -0.15) is 0 Å². The normalized spacial score (nSPS) is 11.3. The van der Waals surface area contributed by atoms with Crippen LogP contribution in [-0.2, 0) is 9.47 Å². The summed E-state index contributed by atoms with van der Waals surface area (Å²) in [4.78, 5) is 24.7. The number of benzene rings is 2. The summed E-state index contributed by atoms with van der Waals surface area (Å²) in [5.74, 6) is 0.521. The van der Waals surface area contributed by atoms with Gasteiger partial charge in [-0.05, 0) is 19.1 Å². The maximum absolute atomic E-state index is 13.0. The third-order valence-corrected chi connectivity index (χ3v) is 3.45. The van der Waals surface area contributed by atoms with E-state index >= 15 is 0 Å². The number of ketones is 1. The summed E-state index contributed by atoms with van der Waals surface area (Å²) in [6.07, 6.45) is -2.03. The van der Waals surface area contributed by atoms with Gasteiger partial charge in [0.1, 0.15) is 11.5 Å². The van der Waals surface area contributed by atoms with Gasteiger partial charge < -0.3 is 18.9 Å². The van der Waals surface area contributed by atoms with E-state index in [1.54, 1.807) is 49.4 Å². The molecule has 6 nitrogen and oxygen atoms in total. The van der Waals surface area contributed by atoms with Crippen molar-refractivity contribution < 1.29 is 28.5 Å². The molecule has 0 aromatic heterocycles. The molecule has 0 saturated heterocycles. The average molecular weight is 344 g/mol. The summed E-state index contributed by atoms with van der Waals surface area (Å²) >= 11 is 0. The number of rotatable bonds is 7. The lowest BCUT2D eigenvalue weighted by molar-refractivity contribution is 0.0244. The van der Waals surface area contributed by atoms with Crippen LogP contribution >= 0.6 is 0 Å². The van der Waals surface area contributed by atoms with Crippen LogP contribution in [0.25, 0.3) is 0 Å². The molecule has 6 heteroatoms. The first-order chi connectivity index (χ1) is 12.1. The first kappa shape index (κ1) is 18.3. The topological polar surface area (TPSA) is 71.1 Å². The highest BCUT2D eigenvalue weighted by molar-refractivity contribution is 6.01. The molecule has 25 heavy (non-hydrogen) atoms. The molecule has 0 aliphatic carbocycles. The second kappa shape index (κ2) is 8.73. The maximum atomic E-state index is 13.0. The summed E-state index contributed by atoms with van der Waals surface area (Å²) < 4.78 is 20.4. The molecule has 0 aliphatic heterocycles. The SMILES string of the molecule is CCOC(=O)OC(C(=O)c1cc(OC)cc(OC)c1)c1ccccc1. The third kappa shape index (κ3) is 4.73. The summed E-state index contributed by atoms with van der Waals surface area (Å²) in [6, 6.07) is 13.5. The Morgan fingerprint density at radius 2 is 1.56 bits per heavy atom. The molecule has 0 bridgehead atoms. The third-order valence-electron chi connectivity index (χ3n) is 3.45. The zero-order chi connectivity index (χ0) is 18.2. The molecule has 2 rings (SSSR count). The second-order valence-corrected chi connectivity index (χ2v) is 5.06. The number of methoxy groups -OCH3 is 2. The quantitative estimate of drug-likeness (QED) is 0.562. The maximum Gasteiger partial charge on any atom is 0.509 e. The fourth-order valence-corrected chi connectivity index (χ4v) is 2.25. The Hall–Kier alpha value is -3.02. The van der Waals surface area contributed by atoms with Gasteiger partial charge in [-0.1, -0.05) is 30.3 Å². The van der Waals surface area contributed by atoms with Crippen molar-refractivity contribution in [3.8, 4) is 11.5 Å². The van der Waals surface area contributed by atoms with Gasteiger partial charge >= 0.3 is 6.16 Å². The minimum Gasteiger partial charge on any atom is -0.497 e. The van der Waals surface area contributed by atoms with Gasteiger partial charge in [0.05, 0.1) is 20.8 Å². The van der Waals surface area contributed by atoms with E-state index in [2.05, 4.69) is 0 Å². The lowest BCUT2D eigenvalue weighted by Crippen LogP contribution is -2.21. The summed E-state index contributed by atoms with van der Waals surface area (Å²) in [7, 11) is 2.99. The average Bonchev–Trinajstić information content (AvgIpc) is 2.66. The minimum atomic E-state index is -1.13. The van der Waals surface area contributed by atoms with Crippen molar-refractivity contribution in [1.82, 2.24) is 0 Å². The molecule has 0 spiro atoms. The molecule has 0 saturated carbocycles. The number of ether oxygens (including phenoxy) is 4. The zero-order valence-corrected chi connectivity index (χ0v) is 14.4.